The predicted molar refractivity (Wildman–Crippen MR) is 70.9 cm³/mol. The van der Waals surface area contributed by atoms with Gasteiger partial charge >= 0.3 is 0 Å². The van der Waals surface area contributed by atoms with Crippen molar-refractivity contribution in [2.24, 2.45) is 23.7 Å². The van der Waals surface area contributed by atoms with E-state index in [1.807, 2.05) is 18.9 Å². The van der Waals surface area contributed by atoms with Crippen LogP contribution < -0.4 is 0 Å². The van der Waals surface area contributed by atoms with Crippen LogP contribution in [0.3, 0.4) is 0 Å². The zero-order valence-electron chi connectivity index (χ0n) is 10.7. The van der Waals surface area contributed by atoms with Crippen molar-refractivity contribution in [2.45, 2.75) is 12.0 Å². The Morgan fingerprint density at radius 1 is 1.47 bits per heavy atom. The van der Waals surface area contributed by atoms with E-state index in [2.05, 4.69) is 24.5 Å². The van der Waals surface area contributed by atoms with E-state index >= 15 is 0 Å². The lowest BCUT2D eigenvalue weighted by molar-refractivity contribution is 0.0695. The van der Waals surface area contributed by atoms with Crippen LogP contribution in [-0.4, -0.2) is 31.8 Å². The second kappa shape index (κ2) is 4.06. The minimum absolute atomic E-state index is 0.0780. The molecule has 0 spiro atoms. The molecule has 3 aliphatic rings. The van der Waals surface area contributed by atoms with Gasteiger partial charge in [-0.15, -0.1) is 0 Å². The van der Waals surface area contributed by atoms with Crippen LogP contribution in [0, 0.1) is 23.7 Å². The summed E-state index contributed by atoms with van der Waals surface area (Å²) >= 11 is 1.89. The Balaban J connectivity index is 1.91. The Labute approximate surface area is 107 Å². The van der Waals surface area contributed by atoms with Gasteiger partial charge < -0.3 is 9.47 Å². The molecule has 1 fully saturated rings. The van der Waals surface area contributed by atoms with Gasteiger partial charge in [0.05, 0.1) is 18.5 Å². The third-order valence-corrected chi connectivity index (χ3v) is 5.48. The molecule has 94 valence electrons. The largest absolute Gasteiger partial charge is 0.501 e. The molecule has 0 saturated heterocycles. The van der Waals surface area contributed by atoms with Crippen LogP contribution in [0.5, 0.6) is 0 Å². The summed E-state index contributed by atoms with van der Waals surface area (Å²) in [6, 6.07) is 0. The van der Waals surface area contributed by atoms with Crippen molar-refractivity contribution in [2.75, 3.05) is 26.2 Å². The van der Waals surface area contributed by atoms with Gasteiger partial charge in [0.25, 0.3) is 0 Å². The molecule has 0 N–H and O–H groups in total. The molecule has 5 atom stereocenters. The van der Waals surface area contributed by atoms with Crippen LogP contribution in [0.4, 0.5) is 0 Å². The summed E-state index contributed by atoms with van der Waals surface area (Å²) in [7, 11) is 3.66. The highest BCUT2D eigenvalue weighted by Gasteiger charge is 2.69. The Kier molecular flexibility index (Phi) is 2.79. The lowest BCUT2D eigenvalue weighted by atomic mass is 9.84. The average Bonchev–Trinajstić information content (AvgIpc) is 2.75. The fourth-order valence-corrected chi connectivity index (χ4v) is 4.89. The molecule has 0 aliphatic heterocycles. The smallest absolute Gasteiger partial charge is 0.0991 e. The molecule has 17 heavy (non-hydrogen) atoms. The van der Waals surface area contributed by atoms with Crippen LogP contribution in [0.2, 0.25) is 0 Å². The fourth-order valence-electron chi connectivity index (χ4n) is 3.94. The van der Waals surface area contributed by atoms with E-state index < -0.39 is 0 Å². The highest BCUT2D eigenvalue weighted by molar-refractivity contribution is 7.98. The molecule has 0 bridgehead atoms. The van der Waals surface area contributed by atoms with E-state index in [9.17, 15) is 0 Å². The van der Waals surface area contributed by atoms with Crippen molar-refractivity contribution in [1.29, 1.82) is 0 Å². The fraction of sp³-hybridized carbons (Fsp3) is 0.714. The molecule has 0 aromatic heterocycles. The minimum atomic E-state index is 0.0780. The van der Waals surface area contributed by atoms with Gasteiger partial charge in [0.15, 0.2) is 0 Å². The number of thioether (sulfide) groups is 1. The van der Waals surface area contributed by atoms with E-state index in [0.29, 0.717) is 23.7 Å². The van der Waals surface area contributed by atoms with Crippen molar-refractivity contribution in [3.63, 3.8) is 0 Å². The molecule has 2 nitrogen and oxygen atoms in total. The first kappa shape index (κ1) is 11.7. The molecule has 3 rings (SSSR count). The van der Waals surface area contributed by atoms with E-state index in [1.54, 1.807) is 7.11 Å². The summed E-state index contributed by atoms with van der Waals surface area (Å²) in [6.45, 7) is 0. The van der Waals surface area contributed by atoms with Gasteiger partial charge in [0.2, 0.25) is 0 Å². The molecular formula is C14H20O2S. The van der Waals surface area contributed by atoms with Crippen molar-refractivity contribution >= 4 is 11.8 Å². The number of hydrogen-bond acceptors (Lipinski definition) is 3. The molecule has 0 aromatic carbocycles. The van der Waals surface area contributed by atoms with E-state index in [4.69, 9.17) is 9.47 Å². The standard InChI is InChI=1S/C14H20O2S/c1-15-12-7-11-13(10-6-4-5-9(10)12)14(11,16-2)8-17-3/h4-5,7,9-11,13H,6,8H2,1-3H3/t9-,10+,11+,13-,14+/m1/s1. The average molecular weight is 252 g/mol. The monoisotopic (exact) mass is 252 g/mol. The summed E-state index contributed by atoms with van der Waals surface area (Å²) in [5.41, 5.74) is 0.0780. The Bertz CT molecular complexity index is 376. The molecule has 0 unspecified atom stereocenters. The normalized spacial score (nSPS) is 46.2. The number of ether oxygens (including phenoxy) is 2. The topological polar surface area (TPSA) is 18.5 Å². The molecule has 0 heterocycles. The second-order valence-corrected chi connectivity index (χ2v) is 6.14. The second-order valence-electron chi connectivity index (χ2n) is 5.27. The SMILES string of the molecule is COC1=C[C@H]2[C@@H]([C@H]3CC=C[C@@H]13)[C@@]2(CSC)OC. The van der Waals surface area contributed by atoms with Crippen LogP contribution in [-0.2, 0) is 9.47 Å². The van der Waals surface area contributed by atoms with Crippen molar-refractivity contribution in [3.05, 3.63) is 24.0 Å². The quantitative estimate of drug-likeness (QED) is 0.717. The number of hydrogen-bond donors (Lipinski definition) is 0. The summed E-state index contributed by atoms with van der Waals surface area (Å²) < 4.78 is 11.5. The molecule has 0 aromatic rings. The molecule has 0 radical (unpaired) electrons. The summed E-state index contributed by atoms with van der Waals surface area (Å²) in [6.07, 6.45) is 10.3. The van der Waals surface area contributed by atoms with Crippen molar-refractivity contribution < 1.29 is 9.47 Å². The van der Waals surface area contributed by atoms with Gasteiger partial charge in [0.1, 0.15) is 0 Å². The lowest BCUT2D eigenvalue weighted by Gasteiger charge is -2.25. The predicted octanol–water partition coefficient (Wildman–Crippen LogP) is 2.72. The lowest BCUT2D eigenvalue weighted by Crippen LogP contribution is -2.24. The maximum atomic E-state index is 5.89. The van der Waals surface area contributed by atoms with Crippen LogP contribution in [0.1, 0.15) is 6.42 Å². The first-order valence-electron chi connectivity index (χ1n) is 6.25. The number of rotatable bonds is 4. The van der Waals surface area contributed by atoms with Gasteiger partial charge in [-0.25, -0.2) is 0 Å². The van der Waals surface area contributed by atoms with Crippen molar-refractivity contribution in [3.8, 4) is 0 Å². The zero-order valence-corrected chi connectivity index (χ0v) is 11.5. The minimum Gasteiger partial charge on any atom is -0.501 e. The number of fused-ring (bicyclic) bond motifs is 3. The maximum absolute atomic E-state index is 5.89. The zero-order chi connectivity index (χ0) is 12.0. The Morgan fingerprint density at radius 3 is 2.94 bits per heavy atom. The highest BCUT2D eigenvalue weighted by atomic mass is 32.2. The van der Waals surface area contributed by atoms with Gasteiger partial charge in [-0.05, 0) is 24.7 Å². The first-order valence-corrected chi connectivity index (χ1v) is 7.64. The van der Waals surface area contributed by atoms with Gasteiger partial charge in [-0.1, -0.05) is 12.2 Å². The van der Waals surface area contributed by atoms with Gasteiger partial charge in [0, 0.05) is 30.6 Å². The van der Waals surface area contributed by atoms with E-state index in [-0.39, 0.29) is 5.60 Å². The highest BCUT2D eigenvalue weighted by Crippen LogP contribution is 2.65. The molecule has 0 amide bonds. The van der Waals surface area contributed by atoms with Gasteiger partial charge in [-0.3, -0.25) is 0 Å². The summed E-state index contributed by atoms with van der Waals surface area (Å²) in [5, 5.41) is 0. The Hall–Kier alpha value is -0.410. The maximum Gasteiger partial charge on any atom is 0.0991 e. The number of methoxy groups -OCH3 is 2. The van der Waals surface area contributed by atoms with Gasteiger partial charge in [-0.2, -0.15) is 11.8 Å². The third-order valence-electron chi connectivity index (χ3n) is 4.74. The van der Waals surface area contributed by atoms with Crippen LogP contribution in [0.25, 0.3) is 0 Å². The number of allylic oxidation sites excluding steroid dienone is 2. The summed E-state index contributed by atoms with van der Waals surface area (Å²) in [4.78, 5) is 0. The van der Waals surface area contributed by atoms with E-state index in [0.717, 1.165) is 11.5 Å². The molecule has 3 aliphatic carbocycles. The van der Waals surface area contributed by atoms with Crippen molar-refractivity contribution in [1.82, 2.24) is 0 Å². The molecule has 1 saturated carbocycles. The molecule has 3 heteroatoms. The summed E-state index contributed by atoms with van der Waals surface area (Å²) in [5.74, 6) is 4.71. The molecular weight excluding hydrogens is 232 g/mol. The Morgan fingerprint density at radius 2 is 2.29 bits per heavy atom. The first-order chi connectivity index (χ1) is 8.28. The van der Waals surface area contributed by atoms with Crippen LogP contribution >= 0.6 is 11.8 Å². The van der Waals surface area contributed by atoms with Crippen LogP contribution in [0.15, 0.2) is 24.0 Å². The third kappa shape index (κ3) is 1.45. The van der Waals surface area contributed by atoms with E-state index in [1.165, 1.54) is 6.42 Å².